The van der Waals surface area contributed by atoms with Gasteiger partial charge in [0.1, 0.15) is 0 Å². The Bertz CT molecular complexity index is 784. The largest absolute Gasteiger partial charge is 0.378 e. The maximum atomic E-state index is 12.5. The zero-order valence-corrected chi connectivity index (χ0v) is 16.0. The molecule has 2 aromatic rings. The molecule has 0 radical (unpaired) electrons. The molecule has 1 atom stereocenters. The summed E-state index contributed by atoms with van der Waals surface area (Å²) < 4.78 is 5.54. The number of anilines is 2. The highest BCUT2D eigenvalue weighted by molar-refractivity contribution is 6.30. The van der Waals surface area contributed by atoms with Gasteiger partial charge in [-0.2, -0.15) is 0 Å². The van der Waals surface area contributed by atoms with Crippen LogP contribution in [0.1, 0.15) is 36.0 Å². The first-order chi connectivity index (χ1) is 13.0. The predicted molar refractivity (Wildman–Crippen MR) is 107 cm³/mol. The van der Waals surface area contributed by atoms with Crippen LogP contribution in [-0.4, -0.2) is 31.6 Å². The third kappa shape index (κ3) is 5.31. The van der Waals surface area contributed by atoms with Crippen molar-refractivity contribution in [2.24, 2.45) is 0 Å². The highest BCUT2D eigenvalue weighted by Gasteiger charge is 2.17. The summed E-state index contributed by atoms with van der Waals surface area (Å²) in [6, 6.07) is 14.0. The summed E-state index contributed by atoms with van der Waals surface area (Å²) in [5.41, 5.74) is 2.02. The van der Waals surface area contributed by atoms with Crippen molar-refractivity contribution in [1.82, 2.24) is 0 Å². The number of benzene rings is 2. The fourth-order valence-corrected chi connectivity index (χ4v) is 3.19. The number of ether oxygens (including phenoxy) is 1. The summed E-state index contributed by atoms with van der Waals surface area (Å²) in [5.74, 6) is -0.149. The Kier molecular flexibility index (Phi) is 6.48. The summed E-state index contributed by atoms with van der Waals surface area (Å²) in [5, 5.41) is 3.48. The van der Waals surface area contributed by atoms with Gasteiger partial charge >= 0.3 is 0 Å². The first-order valence-electron chi connectivity index (χ1n) is 9.08. The first-order valence-corrected chi connectivity index (χ1v) is 9.46. The molecule has 1 aliphatic rings. The lowest BCUT2D eigenvalue weighted by Crippen LogP contribution is -2.26. The molecular weight excluding hydrogens is 364 g/mol. The topological polar surface area (TPSA) is 58.6 Å². The number of carbonyl (C=O) groups is 2. The van der Waals surface area contributed by atoms with Gasteiger partial charge in [-0.1, -0.05) is 11.6 Å². The molecule has 5 nitrogen and oxygen atoms in total. The van der Waals surface area contributed by atoms with Crippen molar-refractivity contribution in [2.45, 2.75) is 31.8 Å². The fraction of sp³-hybridized carbons (Fsp3) is 0.333. The van der Waals surface area contributed by atoms with Gasteiger partial charge in [0, 0.05) is 42.0 Å². The number of halogens is 1. The molecule has 27 heavy (non-hydrogen) atoms. The molecule has 0 saturated carbocycles. The molecule has 1 aliphatic heterocycles. The van der Waals surface area contributed by atoms with Gasteiger partial charge in [0.25, 0.3) is 5.91 Å². The summed E-state index contributed by atoms with van der Waals surface area (Å²) in [6.07, 6.45) is 3.53. The first kappa shape index (κ1) is 19.4. The van der Waals surface area contributed by atoms with Crippen LogP contribution in [0.25, 0.3) is 0 Å². The number of rotatable bonds is 6. The van der Waals surface area contributed by atoms with Gasteiger partial charge in [-0.25, -0.2) is 0 Å². The third-order valence-corrected chi connectivity index (χ3v) is 4.90. The van der Waals surface area contributed by atoms with Crippen LogP contribution in [0.2, 0.25) is 5.02 Å². The molecule has 1 heterocycles. The zero-order chi connectivity index (χ0) is 19.2. The van der Waals surface area contributed by atoms with E-state index in [2.05, 4.69) is 5.32 Å². The van der Waals surface area contributed by atoms with Crippen LogP contribution in [-0.2, 0) is 9.53 Å². The third-order valence-electron chi connectivity index (χ3n) is 4.65. The predicted octanol–water partition coefficient (Wildman–Crippen LogP) is 4.51. The van der Waals surface area contributed by atoms with Gasteiger partial charge in [0.05, 0.1) is 6.10 Å². The van der Waals surface area contributed by atoms with Crippen molar-refractivity contribution >= 4 is 34.8 Å². The quantitative estimate of drug-likeness (QED) is 0.794. The molecule has 2 aromatic carbocycles. The van der Waals surface area contributed by atoms with E-state index in [-0.39, 0.29) is 17.9 Å². The van der Waals surface area contributed by atoms with E-state index in [1.54, 1.807) is 48.3 Å². The van der Waals surface area contributed by atoms with Crippen LogP contribution < -0.4 is 10.2 Å². The lowest BCUT2D eigenvalue weighted by Gasteiger charge is -2.18. The van der Waals surface area contributed by atoms with E-state index in [1.165, 1.54) is 0 Å². The highest BCUT2D eigenvalue weighted by atomic mass is 35.5. The number of amides is 2. The minimum atomic E-state index is -0.125. The lowest BCUT2D eigenvalue weighted by atomic mass is 10.1. The van der Waals surface area contributed by atoms with Crippen molar-refractivity contribution in [2.75, 3.05) is 23.9 Å². The maximum absolute atomic E-state index is 12.5. The van der Waals surface area contributed by atoms with E-state index in [4.69, 9.17) is 16.3 Å². The fourth-order valence-electron chi connectivity index (χ4n) is 3.06. The van der Waals surface area contributed by atoms with E-state index in [1.807, 2.05) is 12.1 Å². The van der Waals surface area contributed by atoms with Crippen LogP contribution in [0.3, 0.4) is 0 Å². The minimum Gasteiger partial charge on any atom is -0.378 e. The average molecular weight is 387 g/mol. The second-order valence-corrected chi connectivity index (χ2v) is 7.08. The monoisotopic (exact) mass is 386 g/mol. The van der Waals surface area contributed by atoms with E-state index in [0.717, 1.165) is 31.6 Å². The zero-order valence-electron chi connectivity index (χ0n) is 15.3. The molecule has 1 N–H and O–H groups in total. The molecule has 6 heteroatoms. The van der Waals surface area contributed by atoms with Crippen molar-refractivity contribution < 1.29 is 14.3 Å². The molecule has 0 bridgehead atoms. The van der Waals surface area contributed by atoms with Crippen molar-refractivity contribution in [3.05, 3.63) is 59.1 Å². The molecule has 1 fully saturated rings. The Morgan fingerprint density at radius 2 is 1.85 bits per heavy atom. The van der Waals surface area contributed by atoms with Crippen molar-refractivity contribution in [1.29, 1.82) is 0 Å². The highest BCUT2D eigenvalue weighted by Crippen LogP contribution is 2.21. The van der Waals surface area contributed by atoms with E-state index >= 15 is 0 Å². The summed E-state index contributed by atoms with van der Waals surface area (Å²) in [6.45, 7) is 0.802. The van der Waals surface area contributed by atoms with Crippen LogP contribution >= 0.6 is 11.6 Å². The number of hydrogen-bond acceptors (Lipinski definition) is 3. The number of nitrogens with one attached hydrogen (secondary N) is 1. The van der Waals surface area contributed by atoms with Crippen molar-refractivity contribution in [3.8, 4) is 0 Å². The van der Waals surface area contributed by atoms with Gasteiger partial charge in [-0.05, 0) is 67.8 Å². The molecule has 3 rings (SSSR count). The van der Waals surface area contributed by atoms with Gasteiger partial charge < -0.3 is 15.0 Å². The molecule has 2 amide bonds. The maximum Gasteiger partial charge on any atom is 0.258 e. The molecule has 0 spiro atoms. The SMILES string of the molecule is CN(C(=O)c1ccc(Cl)cc1)c1ccc(NC(=O)CCC2CCCO2)cc1. The number of carbonyl (C=O) groups excluding carboxylic acids is 2. The summed E-state index contributed by atoms with van der Waals surface area (Å²) >= 11 is 5.86. The molecule has 1 saturated heterocycles. The van der Waals surface area contributed by atoms with Crippen molar-refractivity contribution in [3.63, 3.8) is 0 Å². The van der Waals surface area contributed by atoms with Crippen LogP contribution in [0.15, 0.2) is 48.5 Å². The number of hydrogen-bond donors (Lipinski definition) is 1. The molecule has 1 unspecified atom stereocenters. The lowest BCUT2D eigenvalue weighted by molar-refractivity contribution is -0.116. The van der Waals surface area contributed by atoms with Gasteiger partial charge in [0.15, 0.2) is 0 Å². The molecule has 142 valence electrons. The van der Waals surface area contributed by atoms with Crippen LogP contribution in [0, 0.1) is 0 Å². The standard InChI is InChI=1S/C21H23ClN2O3/c1-24(21(26)15-4-6-16(22)7-5-15)18-10-8-17(9-11-18)23-20(25)13-12-19-3-2-14-27-19/h4-11,19H,2-3,12-14H2,1H3,(H,23,25). The number of nitrogens with zero attached hydrogens (tertiary/aromatic N) is 1. The molecular formula is C21H23ClN2O3. The average Bonchev–Trinajstić information content (AvgIpc) is 3.20. The van der Waals surface area contributed by atoms with Crippen LogP contribution in [0.4, 0.5) is 11.4 Å². The Labute approximate surface area is 164 Å². The Hall–Kier alpha value is -2.37. The summed E-state index contributed by atoms with van der Waals surface area (Å²) in [7, 11) is 1.71. The second kappa shape index (κ2) is 9.02. The van der Waals surface area contributed by atoms with Crippen LogP contribution in [0.5, 0.6) is 0 Å². The second-order valence-electron chi connectivity index (χ2n) is 6.64. The van der Waals surface area contributed by atoms with Gasteiger partial charge in [-0.3, -0.25) is 9.59 Å². The smallest absolute Gasteiger partial charge is 0.258 e. The molecule has 0 aliphatic carbocycles. The Morgan fingerprint density at radius 3 is 2.48 bits per heavy atom. The normalized spacial score (nSPS) is 16.1. The van der Waals surface area contributed by atoms with E-state index < -0.39 is 0 Å². The Balaban J connectivity index is 1.54. The molecule has 0 aromatic heterocycles. The van der Waals surface area contributed by atoms with Gasteiger partial charge in [0.2, 0.25) is 5.91 Å². The van der Waals surface area contributed by atoms with E-state index in [0.29, 0.717) is 22.7 Å². The minimum absolute atomic E-state index is 0.0242. The summed E-state index contributed by atoms with van der Waals surface area (Å²) in [4.78, 5) is 26.2. The van der Waals surface area contributed by atoms with Gasteiger partial charge in [-0.15, -0.1) is 0 Å². The van der Waals surface area contributed by atoms with E-state index in [9.17, 15) is 9.59 Å². The Morgan fingerprint density at radius 1 is 1.15 bits per heavy atom.